The maximum absolute atomic E-state index is 11.1. The van der Waals surface area contributed by atoms with E-state index >= 15 is 0 Å². The summed E-state index contributed by atoms with van der Waals surface area (Å²) in [6.45, 7) is 7.40. The monoisotopic (exact) mass is 388 g/mol. The van der Waals surface area contributed by atoms with E-state index in [0.29, 0.717) is 0 Å². The maximum Gasteiger partial charge on any atom is 0.270 e. The van der Waals surface area contributed by atoms with Crippen molar-refractivity contribution >= 4 is 39.0 Å². The molecule has 0 aliphatic heterocycles. The Morgan fingerprint density at radius 1 is 1.27 bits per heavy atom. The number of hydrogen-bond acceptors (Lipinski definition) is 7. The number of thioether (sulfide) groups is 1. The molecule has 0 aliphatic carbocycles. The van der Waals surface area contributed by atoms with Crippen molar-refractivity contribution in [1.29, 1.82) is 0 Å². The lowest BCUT2D eigenvalue weighted by Gasteiger charge is -2.17. The number of nitrogens with zero attached hydrogens (tertiary/aromatic N) is 4. The Morgan fingerprint density at radius 3 is 2.81 bits per heavy atom. The second-order valence-electron chi connectivity index (χ2n) is 5.69. The summed E-state index contributed by atoms with van der Waals surface area (Å²) in [7, 11) is 0. The van der Waals surface area contributed by atoms with E-state index in [0.717, 1.165) is 51.8 Å². The second-order valence-corrected chi connectivity index (χ2v) is 7.63. The molecular weight excluding hydrogens is 368 g/mol. The van der Waals surface area contributed by atoms with Gasteiger partial charge in [-0.25, -0.2) is 9.97 Å². The number of non-ortho nitro benzene ring substituents is 1. The van der Waals surface area contributed by atoms with Crippen LogP contribution in [0.3, 0.4) is 0 Å². The molecule has 3 aromatic rings. The van der Waals surface area contributed by atoms with E-state index in [1.54, 1.807) is 41.6 Å². The van der Waals surface area contributed by atoms with Crippen molar-refractivity contribution in [3.63, 3.8) is 0 Å². The summed E-state index contributed by atoms with van der Waals surface area (Å²) in [4.78, 5) is 22.9. The van der Waals surface area contributed by atoms with Crippen LogP contribution in [0.15, 0.2) is 41.0 Å². The van der Waals surface area contributed by atoms with Gasteiger partial charge in [-0.3, -0.25) is 10.1 Å². The van der Waals surface area contributed by atoms with Gasteiger partial charge in [-0.1, -0.05) is 26.0 Å². The molecule has 0 radical (unpaired) electrons. The molecule has 26 heavy (non-hydrogen) atoms. The minimum atomic E-state index is -0.367. The zero-order valence-electron chi connectivity index (χ0n) is 14.7. The Bertz CT molecular complexity index is 909. The summed E-state index contributed by atoms with van der Waals surface area (Å²) in [5, 5.41) is 15.0. The van der Waals surface area contributed by atoms with Gasteiger partial charge in [-0.15, -0.1) is 23.1 Å². The third-order valence-corrected chi connectivity index (χ3v) is 6.10. The fourth-order valence-electron chi connectivity index (χ4n) is 2.77. The van der Waals surface area contributed by atoms with E-state index in [1.165, 1.54) is 6.07 Å². The Hall–Kier alpha value is -2.03. The van der Waals surface area contributed by atoms with Crippen LogP contribution in [0.4, 0.5) is 5.69 Å². The number of thiophene rings is 1. The average molecular weight is 389 g/mol. The predicted molar refractivity (Wildman–Crippen MR) is 108 cm³/mol. The highest BCUT2D eigenvalue weighted by Crippen LogP contribution is 2.38. The molecule has 2 aromatic heterocycles. The molecule has 0 N–H and O–H groups in total. The highest BCUT2D eigenvalue weighted by atomic mass is 32.2. The topological polar surface area (TPSA) is 72.2 Å². The quantitative estimate of drug-likeness (QED) is 0.241. The van der Waals surface area contributed by atoms with Crippen LogP contribution in [0.1, 0.15) is 13.8 Å². The third kappa shape index (κ3) is 4.03. The van der Waals surface area contributed by atoms with Crippen molar-refractivity contribution in [2.75, 3.05) is 25.4 Å². The number of aromatic nitrogens is 2. The van der Waals surface area contributed by atoms with Crippen LogP contribution in [0.5, 0.6) is 0 Å². The number of benzene rings is 1. The minimum absolute atomic E-state index is 0.0921. The van der Waals surface area contributed by atoms with Crippen molar-refractivity contribution in [2.45, 2.75) is 18.9 Å². The van der Waals surface area contributed by atoms with Gasteiger partial charge in [0.25, 0.3) is 5.69 Å². The zero-order valence-corrected chi connectivity index (χ0v) is 16.3. The largest absolute Gasteiger partial charge is 0.303 e. The van der Waals surface area contributed by atoms with Gasteiger partial charge in [-0.05, 0) is 18.7 Å². The lowest BCUT2D eigenvalue weighted by molar-refractivity contribution is -0.384. The normalized spacial score (nSPS) is 11.3. The summed E-state index contributed by atoms with van der Waals surface area (Å²) in [6, 6.07) is 6.73. The van der Waals surface area contributed by atoms with Crippen molar-refractivity contribution in [3.8, 4) is 11.1 Å². The first kappa shape index (κ1) is 18.8. The number of nitro groups is 1. The third-order valence-electron chi connectivity index (χ3n) is 4.24. The molecule has 2 heterocycles. The van der Waals surface area contributed by atoms with Crippen LogP contribution < -0.4 is 0 Å². The molecule has 0 saturated heterocycles. The SMILES string of the molecule is CCN(CC)CCSc1ncnc2scc(-c3cccc([N+](=O)[O-])c3)c12. The summed E-state index contributed by atoms with van der Waals surface area (Å²) < 4.78 is 0. The van der Waals surface area contributed by atoms with Crippen LogP contribution in [0.25, 0.3) is 21.3 Å². The van der Waals surface area contributed by atoms with Gasteiger partial charge in [0.15, 0.2) is 0 Å². The Balaban J connectivity index is 1.93. The first-order chi connectivity index (χ1) is 12.6. The molecule has 0 fully saturated rings. The van der Waals surface area contributed by atoms with Crippen LogP contribution in [-0.4, -0.2) is 45.2 Å². The van der Waals surface area contributed by atoms with Crippen molar-refractivity contribution in [2.24, 2.45) is 0 Å². The molecule has 0 saturated carbocycles. The lowest BCUT2D eigenvalue weighted by Crippen LogP contribution is -2.25. The molecule has 0 amide bonds. The van der Waals surface area contributed by atoms with E-state index in [9.17, 15) is 10.1 Å². The van der Waals surface area contributed by atoms with Crippen molar-refractivity contribution in [1.82, 2.24) is 14.9 Å². The molecule has 1 aromatic carbocycles. The van der Waals surface area contributed by atoms with E-state index in [-0.39, 0.29) is 10.6 Å². The highest BCUT2D eigenvalue weighted by molar-refractivity contribution is 7.99. The fraction of sp³-hybridized carbons (Fsp3) is 0.333. The molecule has 0 unspecified atom stereocenters. The molecular formula is C18H20N4O2S2. The van der Waals surface area contributed by atoms with Crippen LogP contribution in [0, 0.1) is 10.1 Å². The second kappa shape index (κ2) is 8.57. The van der Waals surface area contributed by atoms with Crippen LogP contribution >= 0.6 is 23.1 Å². The van der Waals surface area contributed by atoms with Gasteiger partial charge < -0.3 is 4.90 Å². The lowest BCUT2D eigenvalue weighted by atomic mass is 10.1. The van der Waals surface area contributed by atoms with E-state index in [2.05, 4.69) is 28.7 Å². The molecule has 3 rings (SSSR count). The predicted octanol–water partition coefficient (Wildman–Crippen LogP) is 4.70. The first-order valence-corrected chi connectivity index (χ1v) is 10.3. The number of rotatable bonds is 8. The van der Waals surface area contributed by atoms with Crippen LogP contribution in [0.2, 0.25) is 0 Å². The molecule has 136 valence electrons. The summed E-state index contributed by atoms with van der Waals surface area (Å²) in [6.07, 6.45) is 1.59. The summed E-state index contributed by atoms with van der Waals surface area (Å²) >= 11 is 3.25. The molecule has 0 bridgehead atoms. The first-order valence-electron chi connectivity index (χ1n) is 8.46. The van der Waals surface area contributed by atoms with Crippen LogP contribution in [-0.2, 0) is 0 Å². The standard InChI is InChI=1S/C18H20N4O2S2/c1-3-21(4-2)8-9-25-17-16-15(11-26-18(16)20-12-19-17)13-6-5-7-14(10-13)22(23)24/h5-7,10-12H,3-4,8-9H2,1-2H3. The van der Waals surface area contributed by atoms with Crippen molar-refractivity contribution < 1.29 is 4.92 Å². The van der Waals surface area contributed by atoms with E-state index in [1.807, 2.05) is 11.4 Å². The molecule has 0 atom stereocenters. The zero-order chi connectivity index (χ0) is 18.5. The number of fused-ring (bicyclic) bond motifs is 1. The highest BCUT2D eigenvalue weighted by Gasteiger charge is 2.15. The fourth-order valence-corrected chi connectivity index (χ4v) is 4.76. The molecule has 0 aliphatic rings. The molecule has 8 heteroatoms. The van der Waals surface area contributed by atoms with Crippen molar-refractivity contribution in [3.05, 3.63) is 46.1 Å². The Morgan fingerprint density at radius 2 is 2.08 bits per heavy atom. The van der Waals surface area contributed by atoms with Gasteiger partial charge in [0.05, 0.1) is 10.3 Å². The van der Waals surface area contributed by atoms with Gasteiger partial charge in [0.1, 0.15) is 16.2 Å². The maximum atomic E-state index is 11.1. The summed E-state index contributed by atoms with van der Waals surface area (Å²) in [5.74, 6) is 0.942. The average Bonchev–Trinajstić information content (AvgIpc) is 3.10. The van der Waals surface area contributed by atoms with E-state index in [4.69, 9.17) is 0 Å². The number of nitro benzene ring substituents is 1. The van der Waals surface area contributed by atoms with Gasteiger partial charge >= 0.3 is 0 Å². The minimum Gasteiger partial charge on any atom is -0.303 e. The molecule has 0 spiro atoms. The molecule has 6 nitrogen and oxygen atoms in total. The number of hydrogen-bond donors (Lipinski definition) is 0. The smallest absolute Gasteiger partial charge is 0.270 e. The Labute approximate surface area is 160 Å². The van der Waals surface area contributed by atoms with Gasteiger partial charge in [0, 0.05) is 35.4 Å². The van der Waals surface area contributed by atoms with E-state index < -0.39 is 0 Å². The summed E-state index contributed by atoms with van der Waals surface area (Å²) in [5.41, 5.74) is 1.87. The van der Waals surface area contributed by atoms with Gasteiger partial charge in [-0.2, -0.15) is 0 Å². The van der Waals surface area contributed by atoms with Gasteiger partial charge in [0.2, 0.25) is 0 Å². The Kier molecular flexibility index (Phi) is 6.18.